The van der Waals surface area contributed by atoms with Gasteiger partial charge in [0.15, 0.2) is 11.5 Å². The first-order valence-electron chi connectivity index (χ1n) is 5.80. The van der Waals surface area contributed by atoms with Crippen molar-refractivity contribution >= 4 is 15.9 Å². The van der Waals surface area contributed by atoms with E-state index >= 15 is 0 Å². The lowest BCUT2D eigenvalue weighted by molar-refractivity contribution is 0.0114. The normalized spacial score (nSPS) is 12.6. The lowest BCUT2D eigenvalue weighted by Crippen LogP contribution is -2.19. The van der Waals surface area contributed by atoms with Crippen LogP contribution in [0.1, 0.15) is 25.5 Å². The van der Waals surface area contributed by atoms with Gasteiger partial charge >= 0.3 is 0 Å². The maximum Gasteiger partial charge on any atom is 0.161 e. The van der Waals surface area contributed by atoms with Crippen molar-refractivity contribution in [3.8, 4) is 11.5 Å². The average molecular weight is 318 g/mol. The van der Waals surface area contributed by atoms with Crippen LogP contribution in [-0.4, -0.2) is 26.9 Å². The van der Waals surface area contributed by atoms with Gasteiger partial charge in [0.05, 0.1) is 26.4 Å². The second-order valence-electron chi connectivity index (χ2n) is 4.14. The van der Waals surface area contributed by atoms with Crippen LogP contribution in [0.25, 0.3) is 0 Å². The Hall–Kier alpha value is -0.780. The molecule has 102 valence electrons. The van der Waals surface area contributed by atoms with E-state index in [1.165, 1.54) is 0 Å². The molecule has 1 unspecified atom stereocenters. The Morgan fingerprint density at radius 3 is 2.17 bits per heavy atom. The number of halogens is 1. The van der Waals surface area contributed by atoms with Gasteiger partial charge in [-0.15, -0.1) is 0 Å². The van der Waals surface area contributed by atoms with Crippen LogP contribution in [0.3, 0.4) is 0 Å². The summed E-state index contributed by atoms with van der Waals surface area (Å²) in [7, 11) is 3.21. The van der Waals surface area contributed by atoms with E-state index in [9.17, 15) is 0 Å². The number of rotatable bonds is 6. The van der Waals surface area contributed by atoms with Crippen molar-refractivity contribution in [2.24, 2.45) is 5.73 Å². The number of hydrogen-bond acceptors (Lipinski definition) is 4. The number of nitrogens with two attached hydrogens (primary N) is 1. The van der Waals surface area contributed by atoms with Crippen molar-refractivity contribution in [3.05, 3.63) is 22.2 Å². The Balaban J connectivity index is 3.14. The van der Waals surface area contributed by atoms with Crippen LogP contribution in [0.4, 0.5) is 0 Å². The summed E-state index contributed by atoms with van der Waals surface area (Å²) in [4.78, 5) is 0. The van der Waals surface area contributed by atoms with Crippen LogP contribution in [0.2, 0.25) is 0 Å². The fourth-order valence-corrected chi connectivity index (χ4v) is 2.28. The van der Waals surface area contributed by atoms with E-state index in [1.807, 2.05) is 26.0 Å². The minimum absolute atomic E-state index is 0.110. The van der Waals surface area contributed by atoms with Crippen LogP contribution >= 0.6 is 15.9 Å². The van der Waals surface area contributed by atoms with E-state index in [0.29, 0.717) is 18.0 Å². The van der Waals surface area contributed by atoms with Crippen LogP contribution in [0, 0.1) is 0 Å². The molecule has 0 aliphatic carbocycles. The molecule has 0 aromatic heterocycles. The number of hydrogen-bond donors (Lipinski definition) is 1. The summed E-state index contributed by atoms with van der Waals surface area (Å²) in [5.41, 5.74) is 6.73. The van der Waals surface area contributed by atoms with Gasteiger partial charge in [0, 0.05) is 16.6 Å². The molecule has 1 aromatic carbocycles. The Bertz CT molecular complexity index is 396. The lowest BCUT2D eigenvalue weighted by Gasteiger charge is -2.21. The standard InChI is InChI=1S/C13H20BrNO3/c1-8(2)18-13(7-15)9-5-11(16-3)12(17-4)6-10(9)14/h5-6,8,13H,7,15H2,1-4H3. The van der Waals surface area contributed by atoms with E-state index < -0.39 is 0 Å². The van der Waals surface area contributed by atoms with Gasteiger partial charge in [-0.1, -0.05) is 15.9 Å². The second-order valence-corrected chi connectivity index (χ2v) is 4.99. The summed E-state index contributed by atoms with van der Waals surface area (Å²) < 4.78 is 17.2. The van der Waals surface area contributed by atoms with Gasteiger partial charge in [-0.3, -0.25) is 0 Å². The predicted octanol–water partition coefficient (Wildman–Crippen LogP) is 2.89. The fourth-order valence-electron chi connectivity index (χ4n) is 1.70. The first-order chi connectivity index (χ1) is 8.53. The minimum atomic E-state index is -0.167. The molecule has 4 nitrogen and oxygen atoms in total. The lowest BCUT2D eigenvalue weighted by atomic mass is 10.1. The maximum atomic E-state index is 5.79. The molecule has 0 saturated heterocycles. The smallest absolute Gasteiger partial charge is 0.161 e. The summed E-state index contributed by atoms with van der Waals surface area (Å²) in [5.74, 6) is 1.34. The summed E-state index contributed by atoms with van der Waals surface area (Å²) in [5, 5.41) is 0. The van der Waals surface area contributed by atoms with Crippen molar-refractivity contribution in [1.82, 2.24) is 0 Å². The van der Waals surface area contributed by atoms with Crippen molar-refractivity contribution in [2.75, 3.05) is 20.8 Å². The first-order valence-corrected chi connectivity index (χ1v) is 6.59. The molecule has 2 N–H and O–H groups in total. The highest BCUT2D eigenvalue weighted by Crippen LogP contribution is 2.37. The molecule has 0 heterocycles. The maximum absolute atomic E-state index is 5.79. The molecule has 0 bridgehead atoms. The number of ether oxygens (including phenoxy) is 3. The van der Waals surface area contributed by atoms with Gasteiger partial charge in [0.1, 0.15) is 0 Å². The summed E-state index contributed by atoms with van der Waals surface area (Å²) in [6, 6.07) is 3.75. The molecule has 0 fully saturated rings. The molecular weight excluding hydrogens is 298 g/mol. The third-order valence-corrected chi connectivity index (χ3v) is 3.19. The van der Waals surface area contributed by atoms with Gasteiger partial charge < -0.3 is 19.9 Å². The average Bonchev–Trinajstić information content (AvgIpc) is 2.35. The van der Waals surface area contributed by atoms with Crippen LogP contribution in [-0.2, 0) is 4.74 Å². The second kappa shape index (κ2) is 6.97. The quantitative estimate of drug-likeness (QED) is 0.876. The molecular formula is C13H20BrNO3. The number of methoxy groups -OCH3 is 2. The van der Waals surface area contributed by atoms with Crippen molar-refractivity contribution < 1.29 is 14.2 Å². The van der Waals surface area contributed by atoms with Gasteiger partial charge in [-0.05, 0) is 26.0 Å². The molecule has 5 heteroatoms. The zero-order valence-corrected chi connectivity index (χ0v) is 12.8. The van der Waals surface area contributed by atoms with Gasteiger partial charge in [0.2, 0.25) is 0 Å². The highest BCUT2D eigenvalue weighted by Gasteiger charge is 2.18. The molecule has 0 radical (unpaired) electrons. The van der Waals surface area contributed by atoms with Gasteiger partial charge in [-0.25, -0.2) is 0 Å². The van der Waals surface area contributed by atoms with Crippen LogP contribution in [0.5, 0.6) is 11.5 Å². The topological polar surface area (TPSA) is 53.7 Å². The minimum Gasteiger partial charge on any atom is -0.493 e. The monoisotopic (exact) mass is 317 g/mol. The Kier molecular flexibility index (Phi) is 5.91. The molecule has 1 rings (SSSR count). The van der Waals surface area contributed by atoms with E-state index in [-0.39, 0.29) is 12.2 Å². The largest absolute Gasteiger partial charge is 0.493 e. The summed E-state index contributed by atoms with van der Waals surface area (Å²) >= 11 is 3.51. The van der Waals surface area contributed by atoms with E-state index in [4.69, 9.17) is 19.9 Å². The van der Waals surface area contributed by atoms with Crippen LogP contribution < -0.4 is 15.2 Å². The van der Waals surface area contributed by atoms with Crippen LogP contribution in [0.15, 0.2) is 16.6 Å². The van der Waals surface area contributed by atoms with Crippen molar-refractivity contribution in [1.29, 1.82) is 0 Å². The zero-order chi connectivity index (χ0) is 13.7. The highest BCUT2D eigenvalue weighted by molar-refractivity contribution is 9.10. The van der Waals surface area contributed by atoms with Gasteiger partial charge in [-0.2, -0.15) is 0 Å². The van der Waals surface area contributed by atoms with E-state index in [0.717, 1.165) is 10.0 Å². The Morgan fingerprint density at radius 1 is 1.17 bits per heavy atom. The van der Waals surface area contributed by atoms with Crippen molar-refractivity contribution in [3.63, 3.8) is 0 Å². The molecule has 0 spiro atoms. The fraction of sp³-hybridized carbons (Fsp3) is 0.538. The number of benzene rings is 1. The van der Waals surface area contributed by atoms with Crippen molar-refractivity contribution in [2.45, 2.75) is 26.1 Å². The molecule has 1 atom stereocenters. The van der Waals surface area contributed by atoms with Gasteiger partial charge in [0.25, 0.3) is 0 Å². The Labute approximate surface area is 117 Å². The SMILES string of the molecule is COc1cc(Br)c(C(CN)OC(C)C)cc1OC. The molecule has 0 aliphatic rings. The van der Waals surface area contributed by atoms with E-state index in [2.05, 4.69) is 15.9 Å². The molecule has 1 aromatic rings. The summed E-state index contributed by atoms with van der Waals surface area (Å²) in [6.45, 7) is 4.38. The first kappa shape index (κ1) is 15.3. The molecule has 18 heavy (non-hydrogen) atoms. The molecule has 0 amide bonds. The molecule has 0 aliphatic heterocycles. The third kappa shape index (κ3) is 3.60. The summed E-state index contributed by atoms with van der Waals surface area (Å²) in [6.07, 6.45) is -0.0577. The predicted molar refractivity (Wildman–Crippen MR) is 75.3 cm³/mol. The zero-order valence-electron chi connectivity index (χ0n) is 11.2. The highest BCUT2D eigenvalue weighted by atomic mass is 79.9. The molecule has 0 saturated carbocycles. The van der Waals surface area contributed by atoms with E-state index in [1.54, 1.807) is 14.2 Å². The third-order valence-electron chi connectivity index (χ3n) is 2.50. The Morgan fingerprint density at radius 2 is 1.72 bits per heavy atom.